The molecule has 0 aliphatic carbocycles. The number of pyridine rings is 1. The fourth-order valence-corrected chi connectivity index (χ4v) is 3.48. The van der Waals surface area contributed by atoms with Crippen molar-refractivity contribution in [2.75, 3.05) is 38.3 Å². The molecule has 0 spiro atoms. The standard InChI is InChI=1S/C24H25N3O2/c1-26(18-19-7-9-21(10-8-19)20-5-3-2-4-6-20)23-12-11-22(17-25-23)24(28)27-13-15-29-16-14-27/h2-12,17H,13-16,18H2,1H3. The van der Waals surface area contributed by atoms with Crippen molar-refractivity contribution < 1.29 is 9.53 Å². The average molecular weight is 387 g/mol. The Labute approximate surface area is 171 Å². The number of hydrogen-bond donors (Lipinski definition) is 0. The molecule has 0 saturated carbocycles. The van der Waals surface area contributed by atoms with Crippen LogP contribution in [0.5, 0.6) is 0 Å². The number of nitrogens with zero attached hydrogens (tertiary/aromatic N) is 3. The molecule has 2 aromatic carbocycles. The molecular weight excluding hydrogens is 362 g/mol. The number of anilines is 1. The van der Waals surface area contributed by atoms with Gasteiger partial charge in [0.05, 0.1) is 18.8 Å². The van der Waals surface area contributed by atoms with Crippen LogP contribution in [0.2, 0.25) is 0 Å². The molecule has 0 unspecified atom stereocenters. The number of hydrogen-bond acceptors (Lipinski definition) is 4. The van der Waals surface area contributed by atoms with E-state index in [0.717, 1.165) is 12.4 Å². The molecule has 0 atom stereocenters. The minimum absolute atomic E-state index is 0.0199. The minimum atomic E-state index is 0.0199. The van der Waals surface area contributed by atoms with Crippen LogP contribution in [0, 0.1) is 0 Å². The van der Waals surface area contributed by atoms with Gasteiger partial charge < -0.3 is 14.5 Å². The summed E-state index contributed by atoms with van der Waals surface area (Å²) >= 11 is 0. The zero-order valence-corrected chi connectivity index (χ0v) is 16.6. The molecule has 0 radical (unpaired) electrons. The van der Waals surface area contributed by atoms with Crippen LogP contribution in [-0.4, -0.2) is 49.1 Å². The molecule has 148 valence electrons. The van der Waals surface area contributed by atoms with E-state index in [-0.39, 0.29) is 5.91 Å². The second-order valence-electron chi connectivity index (χ2n) is 7.23. The zero-order valence-electron chi connectivity index (χ0n) is 16.6. The summed E-state index contributed by atoms with van der Waals surface area (Å²) in [5, 5.41) is 0. The normalized spacial score (nSPS) is 13.9. The van der Waals surface area contributed by atoms with E-state index in [0.29, 0.717) is 31.9 Å². The molecule has 1 aromatic heterocycles. The smallest absolute Gasteiger partial charge is 0.255 e. The van der Waals surface area contributed by atoms with Crippen LogP contribution in [0.3, 0.4) is 0 Å². The van der Waals surface area contributed by atoms with Crippen molar-refractivity contribution in [2.45, 2.75) is 6.54 Å². The molecule has 5 nitrogen and oxygen atoms in total. The van der Waals surface area contributed by atoms with Crippen molar-refractivity contribution in [3.05, 3.63) is 84.1 Å². The van der Waals surface area contributed by atoms with Crippen LogP contribution in [0.4, 0.5) is 5.82 Å². The van der Waals surface area contributed by atoms with E-state index in [4.69, 9.17) is 4.74 Å². The quantitative estimate of drug-likeness (QED) is 0.667. The largest absolute Gasteiger partial charge is 0.378 e. The fraction of sp³-hybridized carbons (Fsp3) is 0.250. The Morgan fingerprint density at radius 3 is 2.31 bits per heavy atom. The van der Waals surface area contributed by atoms with E-state index in [2.05, 4.69) is 58.4 Å². The highest BCUT2D eigenvalue weighted by atomic mass is 16.5. The van der Waals surface area contributed by atoms with Crippen molar-refractivity contribution in [3.8, 4) is 11.1 Å². The first kappa shape index (κ1) is 19.2. The Morgan fingerprint density at radius 2 is 1.66 bits per heavy atom. The van der Waals surface area contributed by atoms with Crippen LogP contribution in [0.15, 0.2) is 72.9 Å². The summed E-state index contributed by atoms with van der Waals surface area (Å²) in [5.41, 5.74) is 4.26. The molecule has 0 bridgehead atoms. The Bertz CT molecular complexity index is 934. The summed E-state index contributed by atoms with van der Waals surface area (Å²) in [7, 11) is 2.01. The van der Waals surface area contributed by atoms with Crippen molar-refractivity contribution >= 4 is 11.7 Å². The molecule has 1 aliphatic heterocycles. The first-order valence-electron chi connectivity index (χ1n) is 9.89. The lowest BCUT2D eigenvalue weighted by molar-refractivity contribution is 0.0302. The first-order valence-corrected chi connectivity index (χ1v) is 9.89. The lowest BCUT2D eigenvalue weighted by atomic mass is 10.0. The highest BCUT2D eigenvalue weighted by Crippen LogP contribution is 2.21. The van der Waals surface area contributed by atoms with Crippen LogP contribution in [0.25, 0.3) is 11.1 Å². The van der Waals surface area contributed by atoms with E-state index in [9.17, 15) is 4.79 Å². The molecule has 2 heterocycles. The maximum Gasteiger partial charge on any atom is 0.255 e. The van der Waals surface area contributed by atoms with Crippen LogP contribution >= 0.6 is 0 Å². The second kappa shape index (κ2) is 8.88. The van der Waals surface area contributed by atoms with Gasteiger partial charge in [0.15, 0.2) is 0 Å². The van der Waals surface area contributed by atoms with Crippen molar-refractivity contribution in [2.24, 2.45) is 0 Å². The van der Waals surface area contributed by atoms with Crippen LogP contribution < -0.4 is 4.90 Å². The number of carbonyl (C=O) groups excluding carboxylic acids is 1. The van der Waals surface area contributed by atoms with Gasteiger partial charge in [-0.3, -0.25) is 4.79 Å². The van der Waals surface area contributed by atoms with Gasteiger partial charge in [-0.25, -0.2) is 4.98 Å². The van der Waals surface area contributed by atoms with Gasteiger partial charge in [0, 0.05) is 32.9 Å². The summed E-state index contributed by atoms with van der Waals surface area (Å²) in [5.74, 6) is 0.863. The van der Waals surface area contributed by atoms with E-state index < -0.39 is 0 Å². The maximum atomic E-state index is 12.5. The summed E-state index contributed by atoms with van der Waals surface area (Å²) in [4.78, 5) is 20.9. The van der Waals surface area contributed by atoms with Gasteiger partial charge in [-0.05, 0) is 28.8 Å². The molecule has 1 saturated heterocycles. The Morgan fingerprint density at radius 1 is 0.966 bits per heavy atom. The van der Waals surface area contributed by atoms with Crippen LogP contribution in [-0.2, 0) is 11.3 Å². The van der Waals surface area contributed by atoms with Gasteiger partial charge in [-0.2, -0.15) is 0 Å². The van der Waals surface area contributed by atoms with E-state index in [1.807, 2.05) is 30.1 Å². The van der Waals surface area contributed by atoms with E-state index >= 15 is 0 Å². The summed E-state index contributed by atoms with van der Waals surface area (Å²) in [6.45, 7) is 3.23. The second-order valence-corrected chi connectivity index (χ2v) is 7.23. The van der Waals surface area contributed by atoms with Gasteiger partial charge in [0.1, 0.15) is 5.82 Å². The number of amides is 1. The van der Waals surface area contributed by atoms with Crippen molar-refractivity contribution in [1.82, 2.24) is 9.88 Å². The number of morpholine rings is 1. The molecule has 0 N–H and O–H groups in total. The number of ether oxygens (including phenoxy) is 1. The molecule has 4 rings (SSSR count). The monoisotopic (exact) mass is 387 g/mol. The molecular formula is C24H25N3O2. The molecule has 1 amide bonds. The first-order chi connectivity index (χ1) is 14.2. The van der Waals surface area contributed by atoms with E-state index in [1.165, 1.54) is 16.7 Å². The summed E-state index contributed by atoms with van der Waals surface area (Å²) in [6, 6.07) is 22.7. The molecule has 29 heavy (non-hydrogen) atoms. The third-order valence-corrected chi connectivity index (χ3v) is 5.17. The summed E-state index contributed by atoms with van der Waals surface area (Å²) in [6.07, 6.45) is 1.67. The van der Waals surface area contributed by atoms with Crippen LogP contribution in [0.1, 0.15) is 15.9 Å². The lowest BCUT2D eigenvalue weighted by Gasteiger charge is -2.27. The highest BCUT2D eigenvalue weighted by molar-refractivity contribution is 5.94. The van der Waals surface area contributed by atoms with Gasteiger partial charge in [0.25, 0.3) is 5.91 Å². The number of benzene rings is 2. The number of carbonyl (C=O) groups is 1. The number of rotatable bonds is 5. The Hall–Kier alpha value is -3.18. The molecule has 1 aliphatic rings. The van der Waals surface area contributed by atoms with Gasteiger partial charge in [-0.1, -0.05) is 54.6 Å². The van der Waals surface area contributed by atoms with Gasteiger partial charge in [-0.15, -0.1) is 0 Å². The highest BCUT2D eigenvalue weighted by Gasteiger charge is 2.19. The topological polar surface area (TPSA) is 45.7 Å². The number of aromatic nitrogens is 1. The average Bonchev–Trinajstić information content (AvgIpc) is 2.80. The third-order valence-electron chi connectivity index (χ3n) is 5.17. The van der Waals surface area contributed by atoms with Gasteiger partial charge in [0.2, 0.25) is 0 Å². The van der Waals surface area contributed by atoms with E-state index in [1.54, 1.807) is 6.20 Å². The Balaban J connectivity index is 1.39. The predicted molar refractivity (Wildman–Crippen MR) is 115 cm³/mol. The van der Waals surface area contributed by atoms with Crippen molar-refractivity contribution in [3.63, 3.8) is 0 Å². The molecule has 5 heteroatoms. The fourth-order valence-electron chi connectivity index (χ4n) is 3.48. The van der Waals surface area contributed by atoms with Gasteiger partial charge >= 0.3 is 0 Å². The molecule has 3 aromatic rings. The Kier molecular flexibility index (Phi) is 5.86. The zero-order chi connectivity index (χ0) is 20.1. The van der Waals surface area contributed by atoms with Crippen molar-refractivity contribution in [1.29, 1.82) is 0 Å². The lowest BCUT2D eigenvalue weighted by Crippen LogP contribution is -2.40. The minimum Gasteiger partial charge on any atom is -0.378 e. The summed E-state index contributed by atoms with van der Waals surface area (Å²) < 4.78 is 5.31. The SMILES string of the molecule is CN(Cc1ccc(-c2ccccc2)cc1)c1ccc(C(=O)N2CCOCC2)cn1. The predicted octanol–water partition coefficient (Wildman–Crippen LogP) is 3.86. The molecule has 1 fully saturated rings. The third kappa shape index (κ3) is 4.63. The maximum absolute atomic E-state index is 12.5.